The lowest BCUT2D eigenvalue weighted by Gasteiger charge is -2.32. The molecule has 5 heteroatoms. The Balaban J connectivity index is 0.000000556. The smallest absolute Gasteiger partial charge is 0.113 e. The highest BCUT2D eigenvalue weighted by molar-refractivity contribution is 5.44. The first kappa shape index (κ1) is 23.8. The third-order valence-electron chi connectivity index (χ3n) is 4.90. The molecule has 1 aliphatic heterocycles. The fourth-order valence-corrected chi connectivity index (χ4v) is 2.97. The van der Waals surface area contributed by atoms with Crippen LogP contribution in [0.4, 0.5) is 5.69 Å². The maximum absolute atomic E-state index is 8.75. The van der Waals surface area contributed by atoms with Gasteiger partial charge in [-0.3, -0.25) is 4.90 Å². The van der Waals surface area contributed by atoms with Crippen molar-refractivity contribution < 1.29 is 11.3 Å². The Bertz CT molecular complexity index is 687. The van der Waals surface area contributed by atoms with Gasteiger partial charge in [0.25, 0.3) is 0 Å². The van der Waals surface area contributed by atoms with Crippen LogP contribution in [0.15, 0.2) is 42.5 Å². The van der Waals surface area contributed by atoms with Crippen LogP contribution in [-0.4, -0.2) is 61.7 Å². The molecule has 0 spiro atoms. The van der Waals surface area contributed by atoms with Crippen LogP contribution in [0.25, 0.3) is 0 Å². The lowest BCUT2D eigenvalue weighted by atomic mass is 10.1. The van der Waals surface area contributed by atoms with Crippen molar-refractivity contribution in [2.24, 2.45) is 0 Å². The third-order valence-corrected chi connectivity index (χ3v) is 4.90. The van der Waals surface area contributed by atoms with E-state index in [9.17, 15) is 0 Å². The molecule has 0 atom stereocenters. The van der Waals surface area contributed by atoms with Crippen molar-refractivity contribution in [3.05, 3.63) is 64.7 Å². The SMILES string of the molecule is C=O.CN1CCN(Cc2ccc(NCO)cc2)CC1.Cc1ccc(C)c(C)c1.[HH]. The highest BCUT2D eigenvalue weighted by Crippen LogP contribution is 2.12. The number of nitrogens with zero attached hydrogens (tertiary/aromatic N) is 2. The molecule has 2 aromatic rings. The Hall–Kier alpha value is -2.21. The summed E-state index contributed by atoms with van der Waals surface area (Å²) < 4.78 is 0. The molecule has 0 unspecified atom stereocenters. The number of aliphatic hydroxyl groups excluding tert-OH is 1. The van der Waals surface area contributed by atoms with E-state index in [0.29, 0.717) is 0 Å². The van der Waals surface area contributed by atoms with Gasteiger partial charge in [-0.15, -0.1) is 0 Å². The third kappa shape index (κ3) is 8.65. The molecule has 0 aromatic heterocycles. The van der Waals surface area contributed by atoms with Crippen molar-refractivity contribution in [1.29, 1.82) is 0 Å². The van der Waals surface area contributed by atoms with Crippen molar-refractivity contribution in [3.8, 4) is 0 Å². The van der Waals surface area contributed by atoms with Crippen LogP contribution >= 0.6 is 0 Å². The van der Waals surface area contributed by atoms with Crippen molar-refractivity contribution in [1.82, 2.24) is 9.80 Å². The monoisotopic (exact) mass is 387 g/mol. The lowest BCUT2D eigenvalue weighted by molar-refractivity contribution is -0.0979. The highest BCUT2D eigenvalue weighted by atomic mass is 16.3. The summed E-state index contributed by atoms with van der Waals surface area (Å²) >= 11 is 0. The number of piperazine rings is 1. The number of nitrogens with one attached hydrogen (secondary N) is 1. The van der Waals surface area contributed by atoms with E-state index in [2.05, 4.69) is 73.3 Å². The second-order valence-electron chi connectivity index (χ2n) is 7.20. The number of rotatable bonds is 4. The molecule has 2 aromatic carbocycles. The molecule has 156 valence electrons. The van der Waals surface area contributed by atoms with E-state index < -0.39 is 0 Å². The Labute approximate surface area is 171 Å². The van der Waals surface area contributed by atoms with Crippen LogP contribution in [-0.2, 0) is 11.3 Å². The predicted molar refractivity (Wildman–Crippen MR) is 120 cm³/mol. The minimum absolute atomic E-state index is 0. The van der Waals surface area contributed by atoms with Crippen molar-refractivity contribution in [3.63, 3.8) is 0 Å². The van der Waals surface area contributed by atoms with Crippen molar-refractivity contribution >= 4 is 12.5 Å². The number of benzene rings is 2. The first-order chi connectivity index (χ1) is 13.5. The molecule has 0 amide bonds. The average Bonchev–Trinajstić information content (AvgIpc) is 2.71. The second-order valence-corrected chi connectivity index (χ2v) is 7.20. The van der Waals surface area contributed by atoms with Gasteiger partial charge >= 0.3 is 0 Å². The lowest BCUT2D eigenvalue weighted by Crippen LogP contribution is -2.43. The van der Waals surface area contributed by atoms with E-state index in [1.54, 1.807) is 0 Å². The number of hydrogen-bond acceptors (Lipinski definition) is 5. The van der Waals surface area contributed by atoms with E-state index in [4.69, 9.17) is 9.90 Å². The molecule has 1 saturated heterocycles. The normalized spacial score (nSPS) is 14.3. The molecule has 0 radical (unpaired) electrons. The fourth-order valence-electron chi connectivity index (χ4n) is 2.97. The summed E-state index contributed by atoms with van der Waals surface area (Å²) in [5.41, 5.74) is 6.40. The Kier molecular flexibility index (Phi) is 11.1. The number of likely N-dealkylation sites (N-methyl/N-ethyl adjacent to an activating group) is 1. The Morgan fingerprint density at radius 1 is 0.964 bits per heavy atom. The van der Waals surface area contributed by atoms with Gasteiger partial charge in [0, 0.05) is 39.8 Å². The number of carbonyl (C=O) groups is 1. The zero-order valence-corrected chi connectivity index (χ0v) is 17.7. The maximum Gasteiger partial charge on any atom is 0.113 e. The molecule has 0 saturated carbocycles. The number of carbonyl (C=O) groups excluding carboxylic acids is 1. The van der Waals surface area contributed by atoms with Crippen LogP contribution in [0.2, 0.25) is 0 Å². The van der Waals surface area contributed by atoms with Crippen molar-refractivity contribution in [2.75, 3.05) is 45.3 Å². The van der Waals surface area contributed by atoms with E-state index in [1.165, 1.54) is 22.3 Å². The van der Waals surface area contributed by atoms with Crippen molar-refractivity contribution in [2.45, 2.75) is 27.3 Å². The number of aliphatic hydroxyl groups is 1. The molecule has 5 nitrogen and oxygen atoms in total. The summed E-state index contributed by atoms with van der Waals surface area (Å²) in [6.07, 6.45) is 0. The van der Waals surface area contributed by atoms with E-state index in [-0.39, 0.29) is 8.16 Å². The molecule has 0 bridgehead atoms. The highest BCUT2D eigenvalue weighted by Gasteiger charge is 2.13. The second kappa shape index (κ2) is 13.0. The van der Waals surface area contributed by atoms with Crippen LogP contribution in [0.3, 0.4) is 0 Å². The van der Waals surface area contributed by atoms with Gasteiger partial charge in [-0.25, -0.2) is 0 Å². The zero-order chi connectivity index (χ0) is 20.9. The summed E-state index contributed by atoms with van der Waals surface area (Å²) in [5.74, 6) is 0. The van der Waals surface area contributed by atoms with Gasteiger partial charge in [0.1, 0.15) is 13.5 Å². The van der Waals surface area contributed by atoms with Crippen LogP contribution in [0, 0.1) is 20.8 Å². The first-order valence-electron chi connectivity index (χ1n) is 9.65. The van der Waals surface area contributed by atoms with Crippen LogP contribution < -0.4 is 5.32 Å². The quantitative estimate of drug-likeness (QED) is 0.787. The summed E-state index contributed by atoms with van der Waals surface area (Å²) in [6.45, 7) is 14.0. The standard InChI is InChI=1S/C13H21N3O.C9H12.CH2O.H2/c1-15-6-8-16(9-7-15)10-12-2-4-13(5-3-12)14-11-17;1-7-4-5-8(2)9(3)6-7;1-2;/h2-5,14,17H,6-11H2,1H3;4-6H,1-3H3;1H2;1H. The zero-order valence-electron chi connectivity index (χ0n) is 17.7. The Morgan fingerprint density at radius 3 is 2.07 bits per heavy atom. The Morgan fingerprint density at radius 2 is 1.57 bits per heavy atom. The van der Waals surface area contributed by atoms with Gasteiger partial charge in [0.05, 0.1) is 0 Å². The van der Waals surface area contributed by atoms with E-state index in [1.807, 2.05) is 18.9 Å². The molecule has 28 heavy (non-hydrogen) atoms. The topological polar surface area (TPSA) is 55.8 Å². The molecular weight excluding hydrogens is 350 g/mol. The largest absolute Gasteiger partial charge is 0.377 e. The summed E-state index contributed by atoms with van der Waals surface area (Å²) in [6, 6.07) is 14.8. The summed E-state index contributed by atoms with van der Waals surface area (Å²) in [5, 5.41) is 11.6. The molecule has 1 aliphatic rings. The van der Waals surface area contributed by atoms with Gasteiger partial charge in [0.15, 0.2) is 0 Å². The predicted octanol–water partition coefficient (Wildman–Crippen LogP) is 3.47. The first-order valence-corrected chi connectivity index (χ1v) is 9.65. The molecule has 2 N–H and O–H groups in total. The van der Waals surface area contributed by atoms with E-state index >= 15 is 0 Å². The fraction of sp³-hybridized carbons (Fsp3) is 0.435. The number of anilines is 1. The minimum Gasteiger partial charge on any atom is -0.377 e. The molecular formula is C23H37N3O2. The average molecular weight is 388 g/mol. The minimum atomic E-state index is -0.0161. The van der Waals surface area contributed by atoms with Gasteiger partial charge in [0.2, 0.25) is 0 Å². The van der Waals surface area contributed by atoms with Crippen LogP contribution in [0.1, 0.15) is 23.7 Å². The summed E-state index contributed by atoms with van der Waals surface area (Å²) in [4.78, 5) is 12.8. The van der Waals surface area contributed by atoms with Gasteiger partial charge in [-0.05, 0) is 56.6 Å². The molecule has 1 fully saturated rings. The van der Waals surface area contributed by atoms with Crippen LogP contribution in [0.5, 0.6) is 0 Å². The van der Waals surface area contributed by atoms with Gasteiger partial charge < -0.3 is 20.1 Å². The molecule has 1 heterocycles. The summed E-state index contributed by atoms with van der Waals surface area (Å²) in [7, 11) is 2.17. The molecule has 3 rings (SSSR count). The van der Waals surface area contributed by atoms with E-state index in [0.717, 1.165) is 38.4 Å². The van der Waals surface area contributed by atoms with Gasteiger partial charge in [-0.1, -0.05) is 35.9 Å². The molecule has 0 aliphatic carbocycles. The number of hydrogen-bond donors (Lipinski definition) is 2. The number of aryl methyl sites for hydroxylation is 3. The maximum atomic E-state index is 8.75. The van der Waals surface area contributed by atoms with Gasteiger partial charge in [-0.2, -0.15) is 0 Å².